The van der Waals surface area contributed by atoms with E-state index in [1.807, 2.05) is 0 Å². The summed E-state index contributed by atoms with van der Waals surface area (Å²) in [5.74, 6) is -0.0311. The third-order valence-corrected chi connectivity index (χ3v) is 4.28. The fourth-order valence-corrected chi connectivity index (χ4v) is 3.04. The van der Waals surface area contributed by atoms with Crippen LogP contribution < -0.4 is 11.1 Å². The SMILES string of the molecule is N#Cc1ccsc1NC(=O)C1(CN)CCCC1. The maximum absolute atomic E-state index is 12.2. The minimum Gasteiger partial charge on any atom is -0.329 e. The first-order chi connectivity index (χ1) is 8.22. The van der Waals surface area contributed by atoms with E-state index < -0.39 is 5.41 Å². The van der Waals surface area contributed by atoms with Crippen LogP contribution in [0.5, 0.6) is 0 Å². The van der Waals surface area contributed by atoms with Gasteiger partial charge in [-0.25, -0.2) is 0 Å². The highest BCUT2D eigenvalue weighted by molar-refractivity contribution is 7.14. The van der Waals surface area contributed by atoms with Crippen LogP contribution in [0.15, 0.2) is 11.4 Å². The Kier molecular flexibility index (Phi) is 3.46. The Hall–Kier alpha value is -1.38. The molecule has 1 amide bonds. The van der Waals surface area contributed by atoms with Gasteiger partial charge >= 0.3 is 0 Å². The van der Waals surface area contributed by atoms with Crippen LogP contribution >= 0.6 is 11.3 Å². The van der Waals surface area contributed by atoms with Gasteiger partial charge in [0, 0.05) is 6.54 Å². The van der Waals surface area contributed by atoms with Gasteiger partial charge in [-0.3, -0.25) is 4.79 Å². The topological polar surface area (TPSA) is 78.9 Å². The molecule has 0 aliphatic heterocycles. The number of nitrogens with two attached hydrogens (primary N) is 1. The average Bonchev–Trinajstić information content (AvgIpc) is 2.97. The van der Waals surface area contributed by atoms with E-state index in [9.17, 15) is 4.79 Å². The molecule has 1 heterocycles. The lowest BCUT2D eigenvalue weighted by molar-refractivity contribution is -0.124. The Bertz CT molecular complexity index is 455. The highest BCUT2D eigenvalue weighted by atomic mass is 32.1. The number of rotatable bonds is 3. The van der Waals surface area contributed by atoms with Crippen LogP contribution in [-0.4, -0.2) is 12.5 Å². The molecule has 1 saturated carbocycles. The molecule has 0 saturated heterocycles. The van der Waals surface area contributed by atoms with Crippen LogP contribution in [0.3, 0.4) is 0 Å². The zero-order valence-corrected chi connectivity index (χ0v) is 10.3. The molecule has 0 bridgehead atoms. The van der Waals surface area contributed by atoms with E-state index in [1.54, 1.807) is 11.4 Å². The van der Waals surface area contributed by atoms with E-state index in [0.29, 0.717) is 17.1 Å². The first-order valence-corrected chi connectivity index (χ1v) is 6.59. The predicted molar refractivity (Wildman–Crippen MR) is 67.6 cm³/mol. The van der Waals surface area contributed by atoms with E-state index >= 15 is 0 Å². The lowest BCUT2D eigenvalue weighted by Gasteiger charge is -2.25. The molecule has 0 unspecified atom stereocenters. The van der Waals surface area contributed by atoms with Gasteiger partial charge in [-0.2, -0.15) is 5.26 Å². The van der Waals surface area contributed by atoms with Gasteiger partial charge in [-0.1, -0.05) is 12.8 Å². The first kappa shape index (κ1) is 12.1. The summed E-state index contributed by atoms with van der Waals surface area (Å²) in [7, 11) is 0. The number of carbonyl (C=O) groups is 1. The highest BCUT2D eigenvalue weighted by Gasteiger charge is 2.40. The number of hydrogen-bond donors (Lipinski definition) is 2. The number of hydrogen-bond acceptors (Lipinski definition) is 4. The average molecular weight is 249 g/mol. The molecule has 0 radical (unpaired) electrons. The van der Waals surface area contributed by atoms with Crippen LogP contribution in [0, 0.1) is 16.7 Å². The zero-order valence-electron chi connectivity index (χ0n) is 9.53. The lowest BCUT2D eigenvalue weighted by atomic mass is 9.85. The fourth-order valence-electron chi connectivity index (χ4n) is 2.31. The fraction of sp³-hybridized carbons (Fsp3) is 0.500. The quantitative estimate of drug-likeness (QED) is 0.860. The number of anilines is 1. The van der Waals surface area contributed by atoms with Crippen LogP contribution in [0.4, 0.5) is 5.00 Å². The number of nitriles is 1. The van der Waals surface area contributed by atoms with Gasteiger partial charge in [-0.15, -0.1) is 11.3 Å². The van der Waals surface area contributed by atoms with Gasteiger partial charge in [0.2, 0.25) is 5.91 Å². The maximum atomic E-state index is 12.2. The summed E-state index contributed by atoms with van der Waals surface area (Å²) < 4.78 is 0. The Morgan fingerprint density at radius 3 is 2.88 bits per heavy atom. The van der Waals surface area contributed by atoms with E-state index in [2.05, 4.69) is 11.4 Å². The molecule has 0 aromatic carbocycles. The number of carbonyl (C=O) groups excluding carboxylic acids is 1. The van der Waals surface area contributed by atoms with Crippen molar-refractivity contribution in [1.29, 1.82) is 5.26 Å². The summed E-state index contributed by atoms with van der Waals surface area (Å²) in [5.41, 5.74) is 5.85. The summed E-state index contributed by atoms with van der Waals surface area (Å²) in [6.07, 6.45) is 3.81. The summed E-state index contributed by atoms with van der Waals surface area (Å²) in [5, 5.41) is 14.2. The lowest BCUT2D eigenvalue weighted by Crippen LogP contribution is -2.40. The summed E-state index contributed by atoms with van der Waals surface area (Å²) in [4.78, 5) is 12.2. The third-order valence-electron chi connectivity index (χ3n) is 3.45. The summed E-state index contributed by atoms with van der Waals surface area (Å²) >= 11 is 1.38. The van der Waals surface area contributed by atoms with Gasteiger partial charge in [0.05, 0.1) is 11.0 Å². The Labute approximate surface area is 104 Å². The Morgan fingerprint density at radius 2 is 2.29 bits per heavy atom. The second kappa shape index (κ2) is 4.86. The predicted octanol–water partition coefficient (Wildman–Crippen LogP) is 2.08. The Balaban J connectivity index is 2.14. The van der Waals surface area contributed by atoms with Gasteiger partial charge in [0.25, 0.3) is 0 Å². The number of amides is 1. The van der Waals surface area contributed by atoms with Crippen LogP contribution in [-0.2, 0) is 4.79 Å². The largest absolute Gasteiger partial charge is 0.329 e. The van der Waals surface area contributed by atoms with Crippen molar-refractivity contribution in [2.75, 3.05) is 11.9 Å². The molecule has 1 fully saturated rings. The normalized spacial score (nSPS) is 17.6. The van der Waals surface area contributed by atoms with E-state index in [4.69, 9.17) is 11.0 Å². The smallest absolute Gasteiger partial charge is 0.232 e. The van der Waals surface area contributed by atoms with Crippen molar-refractivity contribution in [3.63, 3.8) is 0 Å². The number of nitrogens with one attached hydrogen (secondary N) is 1. The molecule has 0 atom stereocenters. The molecule has 1 aliphatic rings. The maximum Gasteiger partial charge on any atom is 0.232 e. The van der Waals surface area contributed by atoms with Gasteiger partial charge in [0.1, 0.15) is 11.1 Å². The van der Waals surface area contributed by atoms with E-state index in [-0.39, 0.29) is 5.91 Å². The van der Waals surface area contributed by atoms with Gasteiger partial charge in [0.15, 0.2) is 0 Å². The van der Waals surface area contributed by atoms with Crippen molar-refractivity contribution in [3.8, 4) is 6.07 Å². The van der Waals surface area contributed by atoms with E-state index in [0.717, 1.165) is 25.7 Å². The van der Waals surface area contributed by atoms with Crippen molar-refractivity contribution in [2.45, 2.75) is 25.7 Å². The number of thiophene rings is 1. The molecule has 5 heteroatoms. The molecule has 4 nitrogen and oxygen atoms in total. The summed E-state index contributed by atoms with van der Waals surface area (Å²) in [6, 6.07) is 3.78. The minimum absolute atomic E-state index is 0.0311. The van der Waals surface area contributed by atoms with Crippen molar-refractivity contribution < 1.29 is 4.79 Å². The van der Waals surface area contributed by atoms with Crippen molar-refractivity contribution in [3.05, 3.63) is 17.0 Å². The van der Waals surface area contributed by atoms with Gasteiger partial charge in [-0.05, 0) is 24.3 Å². The van der Waals surface area contributed by atoms with Crippen molar-refractivity contribution >= 4 is 22.2 Å². The molecule has 1 aromatic rings. The summed E-state index contributed by atoms with van der Waals surface area (Å²) in [6.45, 7) is 0.381. The standard InChI is InChI=1S/C12H15N3OS/c13-7-9-3-6-17-10(9)15-11(16)12(8-14)4-1-2-5-12/h3,6H,1-2,4-5,8,14H2,(H,15,16). The van der Waals surface area contributed by atoms with Crippen molar-refractivity contribution in [1.82, 2.24) is 0 Å². The van der Waals surface area contributed by atoms with Crippen LogP contribution in [0.1, 0.15) is 31.2 Å². The second-order valence-electron chi connectivity index (χ2n) is 4.42. The molecule has 90 valence electrons. The molecule has 0 spiro atoms. The van der Waals surface area contributed by atoms with Crippen molar-refractivity contribution in [2.24, 2.45) is 11.1 Å². The molecular formula is C12H15N3OS. The molecular weight excluding hydrogens is 234 g/mol. The van der Waals surface area contributed by atoms with Crippen LogP contribution in [0.25, 0.3) is 0 Å². The zero-order chi connectivity index (χ0) is 12.3. The minimum atomic E-state index is -0.420. The molecule has 1 aromatic heterocycles. The second-order valence-corrected chi connectivity index (χ2v) is 5.34. The van der Waals surface area contributed by atoms with Gasteiger partial charge < -0.3 is 11.1 Å². The van der Waals surface area contributed by atoms with E-state index in [1.165, 1.54) is 11.3 Å². The van der Waals surface area contributed by atoms with Crippen LogP contribution in [0.2, 0.25) is 0 Å². The molecule has 3 N–H and O–H groups in total. The molecule has 1 aliphatic carbocycles. The monoisotopic (exact) mass is 249 g/mol. The molecule has 2 rings (SSSR count). The number of nitrogens with zero attached hydrogens (tertiary/aromatic N) is 1. The highest BCUT2D eigenvalue weighted by Crippen LogP contribution is 2.38. The third kappa shape index (κ3) is 2.19. The molecule has 17 heavy (non-hydrogen) atoms. The first-order valence-electron chi connectivity index (χ1n) is 5.71. The Morgan fingerprint density at radius 1 is 1.59 bits per heavy atom.